The van der Waals surface area contributed by atoms with Crippen LogP contribution >= 0.6 is 0 Å². The van der Waals surface area contributed by atoms with Gasteiger partial charge in [-0.05, 0) is 68.1 Å². The van der Waals surface area contributed by atoms with Crippen LogP contribution < -0.4 is 0 Å². The van der Waals surface area contributed by atoms with Gasteiger partial charge in [0.2, 0.25) is 6.29 Å². The van der Waals surface area contributed by atoms with Crippen molar-refractivity contribution in [2.75, 3.05) is 7.11 Å². The summed E-state index contributed by atoms with van der Waals surface area (Å²) in [5.41, 5.74) is -0.448. The molecule has 0 radical (unpaired) electrons. The zero-order chi connectivity index (χ0) is 25.7. The Morgan fingerprint density at radius 3 is 2.09 bits per heavy atom. The van der Waals surface area contributed by atoms with E-state index in [-0.39, 0.29) is 18.8 Å². The van der Waals surface area contributed by atoms with Gasteiger partial charge in [0.1, 0.15) is 0 Å². The topological polar surface area (TPSA) is 78.9 Å². The number of carbonyl (C=O) groups excluding carboxylic acids is 3. The molecular weight excluding hydrogens is 444 g/mol. The predicted molar refractivity (Wildman–Crippen MR) is 136 cm³/mol. The zero-order valence-corrected chi connectivity index (χ0v) is 22.4. The summed E-state index contributed by atoms with van der Waals surface area (Å²) >= 11 is 0. The highest BCUT2D eigenvalue weighted by Crippen LogP contribution is 2.49. The van der Waals surface area contributed by atoms with Gasteiger partial charge in [-0.15, -0.1) is 0 Å². The smallest absolute Gasteiger partial charge is 0.333 e. The lowest BCUT2D eigenvalue weighted by molar-refractivity contribution is -0.188. The average molecular weight is 493 g/mol. The zero-order valence-electron chi connectivity index (χ0n) is 22.4. The van der Waals surface area contributed by atoms with E-state index < -0.39 is 23.6 Å². The molecule has 2 fully saturated rings. The van der Waals surface area contributed by atoms with Crippen molar-refractivity contribution in [1.82, 2.24) is 0 Å². The molecule has 0 aromatic heterocycles. The van der Waals surface area contributed by atoms with Crippen LogP contribution in [-0.4, -0.2) is 31.3 Å². The number of unbranched alkanes of at least 4 members (excludes halogenated alkanes) is 2. The van der Waals surface area contributed by atoms with Gasteiger partial charge in [0.05, 0.1) is 20.0 Å². The third-order valence-corrected chi connectivity index (χ3v) is 8.33. The minimum atomic E-state index is -0.913. The lowest BCUT2D eigenvalue weighted by Gasteiger charge is -2.43. The first-order valence-electron chi connectivity index (χ1n) is 13.9. The number of hydrogen-bond donors (Lipinski definition) is 0. The monoisotopic (exact) mass is 492 g/mol. The molecule has 2 rings (SSSR count). The molecule has 6 heteroatoms. The molecule has 0 saturated heterocycles. The second kappa shape index (κ2) is 15.3. The van der Waals surface area contributed by atoms with Crippen LogP contribution in [-0.2, 0) is 28.6 Å². The number of carbonyl (C=O) groups is 3. The highest BCUT2D eigenvalue weighted by molar-refractivity contribution is 5.81. The maximum atomic E-state index is 13.0. The van der Waals surface area contributed by atoms with E-state index in [9.17, 15) is 14.4 Å². The first-order valence-corrected chi connectivity index (χ1v) is 13.9. The summed E-state index contributed by atoms with van der Waals surface area (Å²) in [6.45, 7) is 7.79. The third kappa shape index (κ3) is 9.97. The van der Waals surface area contributed by atoms with Gasteiger partial charge < -0.3 is 14.2 Å². The third-order valence-electron chi connectivity index (χ3n) is 8.33. The highest BCUT2D eigenvalue weighted by Gasteiger charge is 2.42. The molecule has 0 amide bonds. The Balaban J connectivity index is 1.97. The molecule has 0 aromatic rings. The van der Waals surface area contributed by atoms with E-state index in [0.717, 1.165) is 62.9 Å². The first kappa shape index (κ1) is 29.4. The number of methoxy groups -OCH3 is 1. The molecule has 6 nitrogen and oxygen atoms in total. The van der Waals surface area contributed by atoms with Crippen LogP contribution in [0, 0.1) is 23.2 Å². The van der Waals surface area contributed by atoms with Gasteiger partial charge in [-0.25, -0.2) is 4.79 Å². The minimum Gasteiger partial charge on any atom is -0.469 e. The summed E-state index contributed by atoms with van der Waals surface area (Å²) in [6.07, 6.45) is 15.5. The predicted octanol–water partition coefficient (Wildman–Crippen LogP) is 6.90. The molecule has 1 atom stereocenters. The van der Waals surface area contributed by atoms with Crippen molar-refractivity contribution in [1.29, 1.82) is 0 Å². The molecule has 2 saturated carbocycles. The largest absolute Gasteiger partial charge is 0.469 e. The highest BCUT2D eigenvalue weighted by atomic mass is 16.7. The average Bonchev–Trinajstić information content (AvgIpc) is 2.85. The Bertz CT molecular complexity index is 671. The molecule has 0 aliphatic heterocycles. The SMILES string of the molecule is C=CC(=O)OC(CCCCC)OC(=O)CC1(CC(=O)OC)CCC(C2CCC(CCC)CC2)CC1. The quantitative estimate of drug-likeness (QED) is 0.114. The van der Waals surface area contributed by atoms with Crippen molar-refractivity contribution in [3.8, 4) is 0 Å². The van der Waals surface area contributed by atoms with E-state index in [1.54, 1.807) is 0 Å². The van der Waals surface area contributed by atoms with Crippen LogP contribution in [0.4, 0.5) is 0 Å². The van der Waals surface area contributed by atoms with Crippen molar-refractivity contribution >= 4 is 17.9 Å². The Hall–Kier alpha value is -1.85. The van der Waals surface area contributed by atoms with Crippen molar-refractivity contribution < 1.29 is 28.6 Å². The van der Waals surface area contributed by atoms with Crippen molar-refractivity contribution in [3.05, 3.63) is 12.7 Å². The molecule has 2 aliphatic carbocycles. The maximum absolute atomic E-state index is 13.0. The van der Waals surface area contributed by atoms with Crippen molar-refractivity contribution in [2.45, 2.75) is 123 Å². The molecule has 0 spiro atoms. The van der Waals surface area contributed by atoms with Gasteiger partial charge in [0.15, 0.2) is 0 Å². The van der Waals surface area contributed by atoms with Gasteiger partial charge in [0.25, 0.3) is 0 Å². The molecule has 0 heterocycles. The maximum Gasteiger partial charge on any atom is 0.333 e. The second-order valence-corrected chi connectivity index (χ2v) is 10.9. The van der Waals surface area contributed by atoms with Gasteiger partial charge in [0, 0.05) is 12.5 Å². The van der Waals surface area contributed by atoms with E-state index in [1.165, 1.54) is 45.6 Å². The summed E-state index contributed by atoms with van der Waals surface area (Å²) in [5, 5.41) is 0. The molecule has 35 heavy (non-hydrogen) atoms. The summed E-state index contributed by atoms with van der Waals surface area (Å²) in [7, 11) is 1.40. The lowest BCUT2D eigenvalue weighted by Crippen LogP contribution is -2.36. The fraction of sp³-hybridized carbons (Fsp3) is 0.828. The van der Waals surface area contributed by atoms with Gasteiger partial charge in [-0.1, -0.05) is 59.0 Å². The summed E-state index contributed by atoms with van der Waals surface area (Å²) in [6, 6.07) is 0. The van der Waals surface area contributed by atoms with Gasteiger partial charge in [-0.3, -0.25) is 9.59 Å². The fourth-order valence-electron chi connectivity index (χ4n) is 6.25. The standard InChI is InChI=1S/C29H48O6/c1-5-8-9-11-28(34-25(30)7-3)35-27(32)21-29(20-26(31)33-4)18-16-24(17-19-29)23-14-12-22(10-6-2)13-15-23/h7,22-24,28H,3,5-6,8-21H2,1-2,4H3. The van der Waals surface area contributed by atoms with E-state index in [4.69, 9.17) is 14.2 Å². The first-order chi connectivity index (χ1) is 16.8. The number of ether oxygens (including phenoxy) is 3. The summed E-state index contributed by atoms with van der Waals surface area (Å²) in [5.74, 6) is 1.05. The molecule has 2 aliphatic rings. The van der Waals surface area contributed by atoms with E-state index in [0.29, 0.717) is 12.3 Å². The fourth-order valence-corrected chi connectivity index (χ4v) is 6.25. The second-order valence-electron chi connectivity index (χ2n) is 10.9. The minimum absolute atomic E-state index is 0.147. The Kier molecular flexibility index (Phi) is 12.8. The van der Waals surface area contributed by atoms with Crippen LogP contribution in [0.5, 0.6) is 0 Å². The molecule has 200 valence electrons. The Morgan fingerprint density at radius 1 is 0.886 bits per heavy atom. The van der Waals surface area contributed by atoms with E-state index in [2.05, 4.69) is 20.4 Å². The Labute approximate surface area is 212 Å². The number of esters is 3. The van der Waals surface area contributed by atoms with Gasteiger partial charge in [-0.2, -0.15) is 0 Å². The lowest BCUT2D eigenvalue weighted by atomic mass is 9.62. The van der Waals surface area contributed by atoms with E-state index >= 15 is 0 Å². The molecule has 0 aromatic carbocycles. The number of hydrogen-bond acceptors (Lipinski definition) is 6. The summed E-state index contributed by atoms with van der Waals surface area (Å²) in [4.78, 5) is 37.0. The molecule has 0 bridgehead atoms. The van der Waals surface area contributed by atoms with Crippen molar-refractivity contribution in [3.63, 3.8) is 0 Å². The molecular formula is C29H48O6. The van der Waals surface area contributed by atoms with Crippen LogP contribution in [0.1, 0.15) is 117 Å². The number of rotatable bonds is 14. The molecule has 0 N–H and O–H groups in total. The van der Waals surface area contributed by atoms with Crippen LogP contribution in [0.15, 0.2) is 12.7 Å². The van der Waals surface area contributed by atoms with Gasteiger partial charge >= 0.3 is 17.9 Å². The van der Waals surface area contributed by atoms with Crippen LogP contribution in [0.25, 0.3) is 0 Å². The van der Waals surface area contributed by atoms with Crippen LogP contribution in [0.3, 0.4) is 0 Å². The van der Waals surface area contributed by atoms with Crippen LogP contribution in [0.2, 0.25) is 0 Å². The Morgan fingerprint density at radius 2 is 1.51 bits per heavy atom. The van der Waals surface area contributed by atoms with E-state index in [1.807, 2.05) is 0 Å². The normalized spacial score (nSPS) is 27.5. The van der Waals surface area contributed by atoms with Crippen molar-refractivity contribution in [2.24, 2.45) is 23.2 Å². The molecule has 1 unspecified atom stereocenters. The summed E-state index contributed by atoms with van der Waals surface area (Å²) < 4.78 is 15.9.